The Morgan fingerprint density at radius 2 is 0.812 bits per heavy atom. The molecule has 0 saturated carbocycles. The van der Waals surface area contributed by atoms with E-state index in [-0.39, 0.29) is 27.4 Å². The zero-order valence-corrected chi connectivity index (χ0v) is 22.3. The van der Waals surface area contributed by atoms with E-state index in [0.717, 1.165) is 25.7 Å². The summed E-state index contributed by atoms with van der Waals surface area (Å²) in [6.07, 6.45) is 4.40. The first-order valence-electron chi connectivity index (χ1n) is 11.8. The van der Waals surface area contributed by atoms with Gasteiger partial charge in [-0.1, -0.05) is 78.6 Å². The van der Waals surface area contributed by atoms with Crippen molar-refractivity contribution in [3.8, 4) is 0 Å². The van der Waals surface area contributed by atoms with E-state index in [1.807, 2.05) is 24.3 Å². The minimum atomic E-state index is -0.0797. The molecule has 4 rings (SSSR count). The van der Waals surface area contributed by atoms with Crippen LogP contribution in [0.2, 0.25) is 10.0 Å². The Kier molecular flexibility index (Phi) is 5.47. The second kappa shape index (κ2) is 7.34. The van der Waals surface area contributed by atoms with Gasteiger partial charge in [0, 0.05) is 11.1 Å². The van der Waals surface area contributed by atoms with Gasteiger partial charge in [-0.3, -0.25) is 4.79 Å². The fourth-order valence-corrected chi connectivity index (χ4v) is 6.17. The maximum Gasteiger partial charge on any atom is 0.196 e. The van der Waals surface area contributed by atoms with Crippen molar-refractivity contribution in [3.63, 3.8) is 0 Å². The van der Waals surface area contributed by atoms with Gasteiger partial charge >= 0.3 is 0 Å². The number of benzene rings is 2. The molecule has 32 heavy (non-hydrogen) atoms. The predicted molar refractivity (Wildman–Crippen MR) is 137 cm³/mol. The lowest BCUT2D eigenvalue weighted by Gasteiger charge is -2.42. The summed E-state index contributed by atoms with van der Waals surface area (Å²) in [4.78, 5) is 13.8. The van der Waals surface area contributed by atoms with Crippen molar-refractivity contribution < 1.29 is 4.79 Å². The van der Waals surface area contributed by atoms with Crippen LogP contribution in [0.4, 0.5) is 0 Å². The molecule has 3 heteroatoms. The Bertz CT molecular complexity index is 1030. The van der Waals surface area contributed by atoms with Gasteiger partial charge in [-0.15, -0.1) is 0 Å². The van der Waals surface area contributed by atoms with Gasteiger partial charge < -0.3 is 0 Å². The van der Waals surface area contributed by atoms with Crippen LogP contribution in [0.15, 0.2) is 24.3 Å². The Balaban J connectivity index is 1.88. The highest BCUT2D eigenvalue weighted by Gasteiger charge is 2.40. The topological polar surface area (TPSA) is 17.1 Å². The van der Waals surface area contributed by atoms with E-state index in [1.165, 1.54) is 22.3 Å². The molecule has 0 radical (unpaired) electrons. The first kappa shape index (κ1) is 23.8. The Morgan fingerprint density at radius 3 is 1.09 bits per heavy atom. The van der Waals surface area contributed by atoms with Crippen LogP contribution in [-0.2, 0) is 21.7 Å². The highest BCUT2D eigenvalue weighted by atomic mass is 35.5. The smallest absolute Gasteiger partial charge is 0.196 e. The van der Waals surface area contributed by atoms with Gasteiger partial charge in [0.05, 0.1) is 10.0 Å². The highest BCUT2D eigenvalue weighted by molar-refractivity contribution is 6.38. The third kappa shape index (κ3) is 3.74. The lowest BCUT2D eigenvalue weighted by atomic mass is 9.62. The summed E-state index contributed by atoms with van der Waals surface area (Å²) in [6.45, 7) is 18.1. The molecule has 0 saturated heterocycles. The maximum atomic E-state index is 13.8. The molecule has 0 N–H and O–H groups in total. The first-order valence-corrected chi connectivity index (χ1v) is 12.6. The molecule has 2 aromatic rings. The van der Waals surface area contributed by atoms with Gasteiger partial charge in [0.2, 0.25) is 0 Å². The van der Waals surface area contributed by atoms with Crippen molar-refractivity contribution in [3.05, 3.63) is 67.7 Å². The number of ketones is 1. The van der Waals surface area contributed by atoms with E-state index in [4.69, 9.17) is 23.2 Å². The number of hydrogen-bond donors (Lipinski definition) is 0. The Hall–Kier alpha value is -1.31. The normalized spacial score (nSPS) is 22.1. The molecule has 0 bridgehead atoms. The summed E-state index contributed by atoms with van der Waals surface area (Å²) in [5.41, 5.74) is 6.23. The van der Waals surface area contributed by atoms with Crippen LogP contribution in [0.5, 0.6) is 0 Å². The van der Waals surface area contributed by atoms with Crippen LogP contribution < -0.4 is 0 Å². The van der Waals surface area contributed by atoms with Crippen LogP contribution in [0.25, 0.3) is 0 Å². The minimum absolute atomic E-state index is 0.0101. The van der Waals surface area contributed by atoms with E-state index in [2.05, 4.69) is 55.4 Å². The highest BCUT2D eigenvalue weighted by Crippen LogP contribution is 2.49. The third-order valence-corrected chi connectivity index (χ3v) is 9.00. The fraction of sp³-hybridized carbons (Fsp3) is 0.552. The van der Waals surface area contributed by atoms with E-state index in [1.54, 1.807) is 0 Å². The Morgan fingerprint density at radius 1 is 0.562 bits per heavy atom. The average Bonchev–Trinajstić information content (AvgIpc) is 2.68. The first-order chi connectivity index (χ1) is 14.6. The van der Waals surface area contributed by atoms with E-state index >= 15 is 0 Å². The second-order valence-corrected chi connectivity index (χ2v) is 13.4. The SMILES string of the molecule is CC1(C)CCC(C)(C)c2cc(C(=O)c3cc4c(cc3Cl)C(C)(C)CCC4(C)C)c(Cl)cc21. The number of halogens is 2. The van der Waals surface area contributed by atoms with Crippen LogP contribution in [0, 0.1) is 0 Å². The number of carbonyl (C=O) groups is 1. The van der Waals surface area contributed by atoms with Gasteiger partial charge in [-0.25, -0.2) is 0 Å². The zero-order valence-electron chi connectivity index (χ0n) is 20.8. The monoisotopic (exact) mass is 470 g/mol. The maximum absolute atomic E-state index is 13.8. The summed E-state index contributed by atoms with van der Waals surface area (Å²) < 4.78 is 0. The van der Waals surface area contributed by atoms with Crippen molar-refractivity contribution >= 4 is 29.0 Å². The minimum Gasteiger partial charge on any atom is -0.288 e. The van der Waals surface area contributed by atoms with Crippen LogP contribution in [-0.4, -0.2) is 5.78 Å². The number of rotatable bonds is 2. The molecule has 0 spiro atoms. The van der Waals surface area contributed by atoms with Gasteiger partial charge in [-0.05, 0) is 93.9 Å². The van der Waals surface area contributed by atoms with Gasteiger partial charge in [0.25, 0.3) is 0 Å². The van der Waals surface area contributed by atoms with Gasteiger partial charge in [-0.2, -0.15) is 0 Å². The van der Waals surface area contributed by atoms with E-state index in [9.17, 15) is 4.79 Å². The summed E-state index contributed by atoms with van der Waals surface area (Å²) >= 11 is 13.5. The summed E-state index contributed by atoms with van der Waals surface area (Å²) in [6, 6.07) is 8.16. The lowest BCUT2D eigenvalue weighted by Crippen LogP contribution is -2.34. The summed E-state index contributed by atoms with van der Waals surface area (Å²) in [5.74, 6) is -0.0797. The molecule has 2 aromatic carbocycles. The average molecular weight is 472 g/mol. The van der Waals surface area contributed by atoms with Crippen molar-refractivity contribution in [2.24, 2.45) is 0 Å². The van der Waals surface area contributed by atoms with Gasteiger partial charge in [0.1, 0.15) is 0 Å². The molecule has 172 valence electrons. The molecule has 2 aliphatic rings. The van der Waals surface area contributed by atoms with Crippen molar-refractivity contribution in [2.45, 2.75) is 103 Å². The molecular formula is C29H36Cl2O. The van der Waals surface area contributed by atoms with Crippen molar-refractivity contribution in [1.29, 1.82) is 0 Å². The van der Waals surface area contributed by atoms with Crippen molar-refractivity contribution in [2.75, 3.05) is 0 Å². The third-order valence-electron chi connectivity index (χ3n) is 8.37. The van der Waals surface area contributed by atoms with Gasteiger partial charge in [0.15, 0.2) is 5.78 Å². The molecule has 2 aliphatic carbocycles. The molecular weight excluding hydrogens is 435 g/mol. The molecule has 0 heterocycles. The predicted octanol–water partition coefficient (Wildman–Crippen LogP) is 8.92. The second-order valence-electron chi connectivity index (χ2n) is 12.6. The molecule has 0 unspecified atom stereocenters. The van der Waals surface area contributed by atoms with E-state index in [0.29, 0.717) is 21.2 Å². The quantitative estimate of drug-likeness (QED) is 0.400. The largest absolute Gasteiger partial charge is 0.288 e. The molecule has 0 amide bonds. The molecule has 0 fully saturated rings. The Labute approximate surface area is 203 Å². The summed E-state index contributed by atoms with van der Waals surface area (Å²) in [7, 11) is 0. The fourth-order valence-electron chi connectivity index (χ4n) is 5.67. The number of carbonyl (C=O) groups excluding carboxylic acids is 1. The molecule has 0 aliphatic heterocycles. The van der Waals surface area contributed by atoms with Crippen LogP contribution >= 0.6 is 23.2 Å². The standard InChI is InChI=1S/C29H36Cl2O/c1-26(2)9-11-28(5,6)21-15-23(30)17(13-19(21)26)25(32)18-14-20-22(16-24(18)31)29(7,8)12-10-27(20,3)4/h13-16H,9-12H2,1-8H3. The number of hydrogen-bond acceptors (Lipinski definition) is 1. The van der Waals surface area contributed by atoms with E-state index < -0.39 is 0 Å². The lowest BCUT2D eigenvalue weighted by molar-refractivity contribution is 0.103. The molecule has 0 atom stereocenters. The molecule has 0 aromatic heterocycles. The zero-order chi connectivity index (χ0) is 23.9. The van der Waals surface area contributed by atoms with Crippen LogP contribution in [0.1, 0.15) is 119 Å². The van der Waals surface area contributed by atoms with Crippen LogP contribution in [0.3, 0.4) is 0 Å². The molecule has 1 nitrogen and oxygen atoms in total. The van der Waals surface area contributed by atoms with Crippen molar-refractivity contribution in [1.82, 2.24) is 0 Å². The summed E-state index contributed by atoms with van der Waals surface area (Å²) in [5, 5.41) is 1.04. The number of fused-ring (bicyclic) bond motifs is 2.